The molecule has 5 nitrogen and oxygen atoms in total. The lowest BCUT2D eigenvalue weighted by Crippen LogP contribution is -2.48. The Balaban J connectivity index is 2.72. The van der Waals surface area contributed by atoms with Crippen LogP contribution in [0.5, 0.6) is 0 Å². The molecule has 15 heavy (non-hydrogen) atoms. The van der Waals surface area contributed by atoms with Crippen LogP contribution < -0.4 is 0 Å². The summed E-state index contributed by atoms with van der Waals surface area (Å²) >= 11 is 0. The Morgan fingerprint density at radius 2 is 2.00 bits per heavy atom. The average molecular weight is 235 g/mol. The van der Waals surface area contributed by atoms with Gasteiger partial charge in [0.25, 0.3) is 5.91 Å². The minimum absolute atomic E-state index is 0.00528. The molecule has 1 fully saturated rings. The van der Waals surface area contributed by atoms with Crippen molar-refractivity contribution < 1.29 is 18.3 Å². The van der Waals surface area contributed by atoms with E-state index in [0.717, 1.165) is 0 Å². The summed E-state index contributed by atoms with van der Waals surface area (Å²) in [6.07, 6.45) is 0.459. The highest BCUT2D eigenvalue weighted by atomic mass is 32.2. The van der Waals surface area contributed by atoms with Crippen LogP contribution in [0, 0.1) is 0 Å². The van der Waals surface area contributed by atoms with Crippen molar-refractivity contribution in [3.8, 4) is 0 Å². The zero-order valence-electron chi connectivity index (χ0n) is 9.23. The monoisotopic (exact) mass is 235 g/mol. The van der Waals surface area contributed by atoms with Gasteiger partial charge in [0.05, 0.1) is 11.5 Å². The first-order valence-electron chi connectivity index (χ1n) is 4.83. The lowest BCUT2D eigenvalue weighted by Gasteiger charge is -2.29. The quantitative estimate of drug-likeness (QED) is 0.693. The molecular formula is C9H17NO4S. The van der Waals surface area contributed by atoms with Crippen LogP contribution in [0.1, 0.15) is 20.3 Å². The molecule has 0 aromatic rings. The van der Waals surface area contributed by atoms with Crippen molar-refractivity contribution in [1.29, 1.82) is 0 Å². The number of sulfone groups is 1. The van der Waals surface area contributed by atoms with Crippen molar-refractivity contribution in [2.45, 2.75) is 31.9 Å². The van der Waals surface area contributed by atoms with E-state index in [1.54, 1.807) is 0 Å². The molecule has 0 radical (unpaired) electrons. The van der Waals surface area contributed by atoms with E-state index in [-0.39, 0.29) is 17.5 Å². The van der Waals surface area contributed by atoms with E-state index in [9.17, 15) is 18.3 Å². The Hall–Kier alpha value is -0.620. The number of carbonyl (C=O) groups excluding carboxylic acids is 1. The fourth-order valence-corrected chi connectivity index (χ4v) is 3.45. The normalized spacial score (nSPS) is 25.2. The number of hydrogen-bond acceptors (Lipinski definition) is 4. The molecule has 1 amide bonds. The second-order valence-corrected chi connectivity index (χ2v) is 6.76. The van der Waals surface area contributed by atoms with Crippen LogP contribution in [0.25, 0.3) is 0 Å². The number of hydrogen-bond donors (Lipinski definition) is 1. The molecule has 0 bridgehead atoms. The number of likely N-dealkylation sites (N-methyl/N-ethyl adjacent to an activating group) is 1. The first-order chi connectivity index (χ1) is 6.63. The predicted octanol–water partition coefficient (Wildman–Crippen LogP) is -0.597. The summed E-state index contributed by atoms with van der Waals surface area (Å²) in [5.74, 6) is -0.309. The summed E-state index contributed by atoms with van der Waals surface area (Å²) in [4.78, 5) is 13.0. The third-order valence-electron chi connectivity index (χ3n) is 2.60. The SMILES string of the molecule is CN(C(=O)C(C)(C)O)C1CCS(=O)(=O)C1. The minimum Gasteiger partial charge on any atom is -0.381 e. The molecule has 0 aromatic carbocycles. The van der Waals surface area contributed by atoms with Gasteiger partial charge in [-0.2, -0.15) is 0 Å². The number of aliphatic hydroxyl groups is 1. The zero-order valence-corrected chi connectivity index (χ0v) is 10.0. The molecule has 1 rings (SSSR count). The second kappa shape index (κ2) is 3.75. The molecule has 0 aromatic heterocycles. The minimum atomic E-state index is -3.00. The fourth-order valence-electron chi connectivity index (χ4n) is 1.68. The molecular weight excluding hydrogens is 218 g/mol. The number of nitrogens with zero attached hydrogens (tertiary/aromatic N) is 1. The molecule has 1 unspecified atom stereocenters. The smallest absolute Gasteiger partial charge is 0.253 e. The van der Waals surface area contributed by atoms with Gasteiger partial charge in [-0.15, -0.1) is 0 Å². The molecule has 1 aliphatic heterocycles. The van der Waals surface area contributed by atoms with Gasteiger partial charge < -0.3 is 10.0 Å². The van der Waals surface area contributed by atoms with E-state index in [1.165, 1.54) is 25.8 Å². The highest BCUT2D eigenvalue weighted by molar-refractivity contribution is 7.91. The van der Waals surface area contributed by atoms with Crippen molar-refractivity contribution in [3.63, 3.8) is 0 Å². The van der Waals surface area contributed by atoms with Gasteiger partial charge >= 0.3 is 0 Å². The van der Waals surface area contributed by atoms with Crippen molar-refractivity contribution in [2.24, 2.45) is 0 Å². The number of rotatable bonds is 2. The largest absolute Gasteiger partial charge is 0.381 e. The van der Waals surface area contributed by atoms with Crippen molar-refractivity contribution >= 4 is 15.7 Å². The Morgan fingerprint density at radius 3 is 2.33 bits per heavy atom. The Labute approximate surface area is 90.0 Å². The van der Waals surface area contributed by atoms with E-state index >= 15 is 0 Å². The van der Waals surface area contributed by atoms with Crippen LogP contribution in [0.4, 0.5) is 0 Å². The Morgan fingerprint density at radius 1 is 1.47 bits per heavy atom. The van der Waals surface area contributed by atoms with Gasteiger partial charge in [0.1, 0.15) is 5.60 Å². The van der Waals surface area contributed by atoms with Crippen molar-refractivity contribution in [3.05, 3.63) is 0 Å². The zero-order chi connectivity index (χ0) is 11.9. The summed E-state index contributed by atoms with van der Waals surface area (Å²) in [5.41, 5.74) is -1.44. The van der Waals surface area contributed by atoms with Crippen LogP contribution in [-0.4, -0.2) is 54.5 Å². The van der Waals surface area contributed by atoms with Crippen LogP contribution >= 0.6 is 0 Å². The van der Waals surface area contributed by atoms with Crippen molar-refractivity contribution in [1.82, 2.24) is 4.90 Å². The Kier molecular flexibility index (Phi) is 3.11. The van der Waals surface area contributed by atoms with Crippen LogP contribution in [-0.2, 0) is 14.6 Å². The first kappa shape index (κ1) is 12.4. The van der Waals surface area contributed by atoms with Crippen LogP contribution in [0.2, 0.25) is 0 Å². The standard InChI is InChI=1S/C9H17NO4S/c1-9(2,12)8(11)10(3)7-4-5-15(13,14)6-7/h7,12H,4-6H2,1-3H3. The van der Waals surface area contributed by atoms with Gasteiger partial charge in [-0.05, 0) is 20.3 Å². The highest BCUT2D eigenvalue weighted by Crippen LogP contribution is 2.19. The van der Waals surface area contributed by atoms with Crippen molar-refractivity contribution in [2.75, 3.05) is 18.6 Å². The Bertz CT molecular complexity index is 355. The lowest BCUT2D eigenvalue weighted by molar-refractivity contribution is -0.148. The predicted molar refractivity (Wildman–Crippen MR) is 56.1 cm³/mol. The third kappa shape index (κ3) is 2.92. The van der Waals surface area contributed by atoms with E-state index in [0.29, 0.717) is 6.42 Å². The van der Waals surface area contributed by atoms with Gasteiger partial charge in [-0.25, -0.2) is 8.42 Å². The summed E-state index contributed by atoms with van der Waals surface area (Å²) in [5, 5.41) is 9.51. The van der Waals surface area contributed by atoms with E-state index < -0.39 is 21.3 Å². The van der Waals surface area contributed by atoms with Gasteiger partial charge in [0.2, 0.25) is 0 Å². The molecule has 6 heteroatoms. The van der Waals surface area contributed by atoms with Gasteiger partial charge in [-0.3, -0.25) is 4.79 Å². The van der Waals surface area contributed by atoms with Crippen LogP contribution in [0.15, 0.2) is 0 Å². The first-order valence-corrected chi connectivity index (χ1v) is 6.66. The third-order valence-corrected chi connectivity index (χ3v) is 4.35. The van der Waals surface area contributed by atoms with E-state index in [1.807, 2.05) is 0 Å². The molecule has 1 heterocycles. The number of amides is 1. The lowest BCUT2D eigenvalue weighted by atomic mass is 10.1. The molecule has 1 saturated heterocycles. The maximum atomic E-state index is 11.6. The molecule has 88 valence electrons. The fraction of sp³-hybridized carbons (Fsp3) is 0.889. The van der Waals surface area contributed by atoms with E-state index in [4.69, 9.17) is 0 Å². The van der Waals surface area contributed by atoms with Crippen LogP contribution in [0.3, 0.4) is 0 Å². The van der Waals surface area contributed by atoms with E-state index in [2.05, 4.69) is 0 Å². The molecule has 1 N–H and O–H groups in total. The topological polar surface area (TPSA) is 74.7 Å². The summed E-state index contributed by atoms with van der Waals surface area (Å²) in [6, 6.07) is -0.297. The average Bonchev–Trinajstić information content (AvgIpc) is 2.42. The molecule has 0 spiro atoms. The second-order valence-electron chi connectivity index (χ2n) is 4.53. The maximum absolute atomic E-state index is 11.6. The summed E-state index contributed by atoms with van der Waals surface area (Å²) in [6.45, 7) is 2.80. The molecule has 0 saturated carbocycles. The van der Waals surface area contributed by atoms with Gasteiger partial charge in [-0.1, -0.05) is 0 Å². The molecule has 1 aliphatic rings. The summed E-state index contributed by atoms with van der Waals surface area (Å²) < 4.78 is 22.4. The molecule has 0 aliphatic carbocycles. The highest BCUT2D eigenvalue weighted by Gasteiger charge is 2.36. The maximum Gasteiger partial charge on any atom is 0.253 e. The molecule has 1 atom stereocenters. The van der Waals surface area contributed by atoms with Gasteiger partial charge in [0.15, 0.2) is 9.84 Å². The number of carbonyl (C=O) groups is 1. The van der Waals surface area contributed by atoms with Gasteiger partial charge in [0, 0.05) is 13.1 Å². The summed E-state index contributed by atoms with van der Waals surface area (Å²) in [7, 11) is -1.46.